The van der Waals surface area contributed by atoms with E-state index < -0.39 is 0 Å². The molecule has 4 aromatic rings. The van der Waals surface area contributed by atoms with Crippen molar-refractivity contribution < 1.29 is 4.79 Å². The minimum atomic E-state index is -0.306. The molecule has 7 nitrogen and oxygen atoms in total. The van der Waals surface area contributed by atoms with Crippen molar-refractivity contribution in [2.75, 3.05) is 10.6 Å². The van der Waals surface area contributed by atoms with Gasteiger partial charge >= 0.3 is 6.03 Å². The SMILES string of the molecule is BC[C@@H](NC(=O)Nc1cnn(-c2ccnc(Nc3ccccc3)c2C)c1)c1cccc(Cl)c1. The largest absolute Gasteiger partial charge is 0.340 e. The predicted molar refractivity (Wildman–Crippen MR) is 136 cm³/mol. The van der Waals surface area contributed by atoms with Crippen LogP contribution < -0.4 is 16.0 Å². The summed E-state index contributed by atoms with van der Waals surface area (Å²) in [6.07, 6.45) is 5.85. The monoisotopic (exact) mass is 458 g/mol. The average molecular weight is 459 g/mol. The summed E-state index contributed by atoms with van der Waals surface area (Å²) < 4.78 is 1.72. The number of urea groups is 1. The number of halogens is 1. The van der Waals surface area contributed by atoms with E-state index in [4.69, 9.17) is 11.6 Å². The average Bonchev–Trinajstić information content (AvgIpc) is 3.27. The molecular weight excluding hydrogens is 435 g/mol. The molecule has 0 fully saturated rings. The Morgan fingerprint density at radius 1 is 1.12 bits per heavy atom. The van der Waals surface area contributed by atoms with Gasteiger partial charge in [0, 0.05) is 28.5 Å². The Labute approximate surface area is 198 Å². The first-order chi connectivity index (χ1) is 16.0. The van der Waals surface area contributed by atoms with E-state index in [1.807, 2.05) is 75.4 Å². The van der Waals surface area contributed by atoms with Crippen molar-refractivity contribution in [2.24, 2.45) is 0 Å². The number of para-hydroxylation sites is 1. The van der Waals surface area contributed by atoms with E-state index in [1.54, 1.807) is 23.3 Å². The molecule has 0 bridgehead atoms. The van der Waals surface area contributed by atoms with Crippen molar-refractivity contribution in [1.82, 2.24) is 20.1 Å². The summed E-state index contributed by atoms with van der Waals surface area (Å²) in [6, 6.07) is 18.8. The van der Waals surface area contributed by atoms with Crippen molar-refractivity contribution in [1.29, 1.82) is 0 Å². The molecule has 33 heavy (non-hydrogen) atoms. The molecule has 0 aliphatic carbocycles. The van der Waals surface area contributed by atoms with Gasteiger partial charge in [-0.15, -0.1) is 0 Å². The van der Waals surface area contributed by atoms with Gasteiger partial charge in [-0.25, -0.2) is 14.5 Å². The van der Waals surface area contributed by atoms with Crippen LogP contribution in [-0.4, -0.2) is 28.6 Å². The molecule has 2 heterocycles. The van der Waals surface area contributed by atoms with Gasteiger partial charge in [0.15, 0.2) is 0 Å². The summed E-state index contributed by atoms with van der Waals surface area (Å²) in [5, 5.41) is 14.2. The Bertz CT molecular complexity index is 1250. The van der Waals surface area contributed by atoms with E-state index in [9.17, 15) is 4.79 Å². The maximum Gasteiger partial charge on any atom is 0.319 e. The maximum atomic E-state index is 12.6. The van der Waals surface area contributed by atoms with Gasteiger partial charge in [0.05, 0.1) is 23.8 Å². The van der Waals surface area contributed by atoms with Crippen LogP contribution in [0.1, 0.15) is 17.2 Å². The number of benzene rings is 2. The minimum absolute atomic E-state index is 0.146. The van der Waals surface area contributed by atoms with Crippen LogP contribution in [0.5, 0.6) is 0 Å². The third kappa shape index (κ3) is 5.53. The number of aromatic nitrogens is 3. The Hall–Kier alpha value is -3.78. The van der Waals surface area contributed by atoms with Crippen LogP contribution >= 0.6 is 11.6 Å². The normalized spacial score (nSPS) is 11.6. The Kier molecular flexibility index (Phi) is 6.95. The van der Waals surface area contributed by atoms with Crippen LogP contribution in [0.2, 0.25) is 11.3 Å². The number of pyridine rings is 1. The van der Waals surface area contributed by atoms with E-state index in [0.717, 1.165) is 34.6 Å². The van der Waals surface area contributed by atoms with Crippen molar-refractivity contribution in [3.63, 3.8) is 0 Å². The van der Waals surface area contributed by atoms with Crippen LogP contribution in [0.4, 0.5) is 22.0 Å². The Balaban J connectivity index is 1.46. The molecule has 0 spiro atoms. The van der Waals surface area contributed by atoms with Crippen molar-refractivity contribution in [2.45, 2.75) is 19.3 Å². The Morgan fingerprint density at radius 2 is 1.94 bits per heavy atom. The Morgan fingerprint density at radius 3 is 2.70 bits per heavy atom. The highest BCUT2D eigenvalue weighted by atomic mass is 35.5. The van der Waals surface area contributed by atoms with E-state index >= 15 is 0 Å². The summed E-state index contributed by atoms with van der Waals surface area (Å²) in [6.45, 7) is 1.98. The highest BCUT2D eigenvalue weighted by Gasteiger charge is 2.14. The lowest BCUT2D eigenvalue weighted by Crippen LogP contribution is -2.32. The maximum absolute atomic E-state index is 12.6. The number of hydrogen-bond acceptors (Lipinski definition) is 4. The van der Waals surface area contributed by atoms with Gasteiger partial charge in [0.25, 0.3) is 0 Å². The summed E-state index contributed by atoms with van der Waals surface area (Å²) in [4.78, 5) is 17.0. The first-order valence-electron chi connectivity index (χ1n) is 10.7. The second-order valence-electron chi connectivity index (χ2n) is 7.58. The zero-order valence-electron chi connectivity index (χ0n) is 18.4. The van der Waals surface area contributed by atoms with Gasteiger partial charge in [-0.1, -0.05) is 48.3 Å². The van der Waals surface area contributed by atoms with Gasteiger partial charge in [0.1, 0.15) is 13.7 Å². The fraction of sp³-hybridized carbons (Fsp3) is 0.125. The number of anilines is 3. The molecule has 0 saturated carbocycles. The molecule has 0 saturated heterocycles. The zero-order valence-corrected chi connectivity index (χ0v) is 19.2. The molecule has 0 radical (unpaired) electrons. The molecule has 2 amide bonds. The number of carbonyl (C=O) groups is 1. The van der Waals surface area contributed by atoms with E-state index in [1.165, 1.54) is 0 Å². The second kappa shape index (κ2) is 10.2. The molecule has 166 valence electrons. The molecular formula is C24H24BClN6O. The molecule has 4 rings (SSSR count). The number of nitrogens with zero attached hydrogens (tertiary/aromatic N) is 3. The van der Waals surface area contributed by atoms with Gasteiger partial charge in [-0.05, 0) is 42.8 Å². The van der Waals surface area contributed by atoms with E-state index in [2.05, 4.69) is 26.0 Å². The first kappa shape index (κ1) is 22.4. The molecule has 3 N–H and O–H groups in total. The number of carbonyl (C=O) groups excluding carboxylic acids is 1. The number of nitrogens with one attached hydrogen (secondary N) is 3. The third-order valence-corrected chi connectivity index (χ3v) is 5.50. The van der Waals surface area contributed by atoms with Gasteiger partial charge < -0.3 is 16.0 Å². The molecule has 1 atom stereocenters. The summed E-state index contributed by atoms with van der Waals surface area (Å²) in [5.74, 6) is 0.744. The minimum Gasteiger partial charge on any atom is -0.340 e. The van der Waals surface area contributed by atoms with Crippen LogP contribution in [0, 0.1) is 6.92 Å². The highest BCUT2D eigenvalue weighted by molar-refractivity contribution is 6.30. The fourth-order valence-corrected chi connectivity index (χ4v) is 3.75. The topological polar surface area (TPSA) is 83.9 Å². The molecule has 0 unspecified atom stereocenters. The van der Waals surface area contributed by atoms with Crippen molar-refractivity contribution >= 4 is 42.7 Å². The van der Waals surface area contributed by atoms with Crippen LogP contribution in [0.25, 0.3) is 5.69 Å². The van der Waals surface area contributed by atoms with Crippen LogP contribution in [0.3, 0.4) is 0 Å². The van der Waals surface area contributed by atoms with E-state index in [-0.39, 0.29) is 12.1 Å². The highest BCUT2D eigenvalue weighted by Crippen LogP contribution is 2.24. The summed E-state index contributed by atoms with van der Waals surface area (Å²) in [7, 11) is 2.01. The third-order valence-electron chi connectivity index (χ3n) is 5.26. The summed E-state index contributed by atoms with van der Waals surface area (Å²) in [5.41, 5.74) is 4.30. The lowest BCUT2D eigenvalue weighted by Gasteiger charge is -2.18. The standard InChI is InChI=1S/C24H24BClN6O/c1-16-22(10-11-27-23(16)29-19-8-3-2-4-9-19)32-15-20(14-28-32)30-24(33)31-21(13-25)17-6-5-7-18(26)12-17/h2-12,14-15,21H,13,25H2,1H3,(H,27,29)(H2,30,31,33)/t21-/m1/s1. The van der Waals surface area contributed by atoms with Gasteiger partial charge in [-0.3, -0.25) is 0 Å². The van der Waals surface area contributed by atoms with Gasteiger partial charge in [-0.2, -0.15) is 5.10 Å². The summed E-state index contributed by atoms with van der Waals surface area (Å²) >= 11 is 6.09. The van der Waals surface area contributed by atoms with E-state index in [0.29, 0.717) is 10.7 Å². The van der Waals surface area contributed by atoms with Crippen LogP contribution in [0.15, 0.2) is 79.3 Å². The molecule has 0 aliphatic rings. The zero-order chi connectivity index (χ0) is 23.2. The predicted octanol–water partition coefficient (Wildman–Crippen LogP) is 4.89. The first-order valence-corrected chi connectivity index (χ1v) is 11.1. The lowest BCUT2D eigenvalue weighted by molar-refractivity contribution is 0.249. The molecule has 0 aliphatic heterocycles. The number of hydrogen-bond donors (Lipinski definition) is 3. The van der Waals surface area contributed by atoms with Crippen molar-refractivity contribution in [3.8, 4) is 5.69 Å². The van der Waals surface area contributed by atoms with Crippen molar-refractivity contribution in [3.05, 3.63) is 95.4 Å². The molecule has 9 heteroatoms. The number of rotatable bonds is 7. The quantitative estimate of drug-likeness (QED) is 0.344. The molecule has 2 aromatic carbocycles. The smallest absolute Gasteiger partial charge is 0.319 e. The molecule has 2 aromatic heterocycles. The fourth-order valence-electron chi connectivity index (χ4n) is 3.55. The van der Waals surface area contributed by atoms with Gasteiger partial charge in [0.2, 0.25) is 0 Å². The second-order valence-corrected chi connectivity index (χ2v) is 8.02. The number of amides is 2. The van der Waals surface area contributed by atoms with Crippen LogP contribution in [-0.2, 0) is 0 Å². The lowest BCUT2D eigenvalue weighted by atomic mass is 9.92.